The van der Waals surface area contributed by atoms with Gasteiger partial charge in [-0.1, -0.05) is 19.3 Å². The molecule has 0 unspecified atom stereocenters. The molecule has 3 rings (SSSR count). The summed E-state index contributed by atoms with van der Waals surface area (Å²) in [5, 5.41) is 14.9. The maximum Gasteiger partial charge on any atom is 0.311 e. The van der Waals surface area contributed by atoms with Crippen LogP contribution in [0.2, 0.25) is 0 Å². The van der Waals surface area contributed by atoms with E-state index in [9.17, 15) is 10.1 Å². The topological polar surface area (TPSA) is 71.3 Å². The lowest BCUT2D eigenvalue weighted by atomic mass is 9.78. The van der Waals surface area contributed by atoms with E-state index in [-0.39, 0.29) is 16.1 Å². The lowest BCUT2D eigenvalue weighted by Crippen LogP contribution is -2.62. The second-order valence-electron chi connectivity index (χ2n) is 5.86. The molecule has 1 aliphatic heterocycles. The molecule has 2 aliphatic rings. The molecule has 0 radical (unpaired) electrons. The highest BCUT2D eigenvalue weighted by atomic mass is 79.9. The SMILES string of the molecule is O=[N+]([O-])c1cncc(Br)c1N1CCNCC12CCCCC2. The van der Waals surface area contributed by atoms with Crippen molar-refractivity contribution in [2.24, 2.45) is 0 Å². The van der Waals surface area contributed by atoms with Gasteiger partial charge in [-0.05, 0) is 28.8 Å². The van der Waals surface area contributed by atoms with E-state index in [1.807, 2.05) is 0 Å². The number of hydrogen-bond acceptors (Lipinski definition) is 5. The zero-order chi connectivity index (χ0) is 14.9. The fourth-order valence-corrected chi connectivity index (χ4v) is 4.20. The van der Waals surface area contributed by atoms with Crippen molar-refractivity contribution >= 4 is 27.3 Å². The summed E-state index contributed by atoms with van der Waals surface area (Å²) < 4.78 is 0.712. The quantitative estimate of drug-likeness (QED) is 0.653. The first-order valence-electron chi connectivity index (χ1n) is 7.40. The lowest BCUT2D eigenvalue weighted by molar-refractivity contribution is -0.384. The van der Waals surface area contributed by atoms with E-state index in [1.165, 1.54) is 25.5 Å². The summed E-state index contributed by atoms with van der Waals surface area (Å²) in [5.41, 5.74) is 0.792. The molecule has 1 saturated carbocycles. The van der Waals surface area contributed by atoms with Crippen LogP contribution in [-0.4, -0.2) is 35.1 Å². The maximum absolute atomic E-state index is 11.4. The minimum atomic E-state index is -0.328. The van der Waals surface area contributed by atoms with Crippen LogP contribution in [0.5, 0.6) is 0 Å². The van der Waals surface area contributed by atoms with Crippen LogP contribution >= 0.6 is 15.9 Å². The van der Waals surface area contributed by atoms with Gasteiger partial charge >= 0.3 is 5.69 Å². The predicted octanol–water partition coefficient (Wildman–Crippen LogP) is 2.86. The molecule has 0 amide bonds. The molecular weight excluding hydrogens is 336 g/mol. The smallest absolute Gasteiger partial charge is 0.311 e. The molecule has 21 heavy (non-hydrogen) atoms. The minimum Gasteiger partial charge on any atom is -0.357 e. The maximum atomic E-state index is 11.4. The lowest BCUT2D eigenvalue weighted by Gasteiger charge is -2.51. The molecule has 7 heteroatoms. The number of anilines is 1. The first-order chi connectivity index (χ1) is 10.1. The highest BCUT2D eigenvalue weighted by Crippen LogP contribution is 2.43. The number of nitrogens with zero attached hydrogens (tertiary/aromatic N) is 3. The van der Waals surface area contributed by atoms with Crippen molar-refractivity contribution in [2.45, 2.75) is 37.6 Å². The largest absolute Gasteiger partial charge is 0.357 e. The number of nitro groups is 1. The van der Waals surface area contributed by atoms with Crippen molar-refractivity contribution < 1.29 is 4.92 Å². The van der Waals surface area contributed by atoms with Gasteiger partial charge < -0.3 is 10.2 Å². The average molecular weight is 355 g/mol. The van der Waals surface area contributed by atoms with Gasteiger partial charge in [0, 0.05) is 25.8 Å². The Balaban J connectivity index is 2.06. The summed E-state index contributed by atoms with van der Waals surface area (Å²) in [6, 6.07) is 0. The third kappa shape index (κ3) is 2.64. The molecule has 6 nitrogen and oxygen atoms in total. The van der Waals surface area contributed by atoms with Crippen molar-refractivity contribution in [3.05, 3.63) is 27.0 Å². The molecule has 2 fully saturated rings. The second-order valence-corrected chi connectivity index (χ2v) is 6.71. The van der Waals surface area contributed by atoms with Gasteiger partial charge in [0.25, 0.3) is 0 Å². The van der Waals surface area contributed by atoms with E-state index < -0.39 is 0 Å². The number of halogens is 1. The standard InChI is InChI=1S/C14H19BrN4O2/c15-11-8-17-9-12(19(20)21)13(11)18-7-6-16-10-14(18)4-2-1-3-5-14/h8-9,16H,1-7,10H2. The van der Waals surface area contributed by atoms with Crippen LogP contribution in [0.3, 0.4) is 0 Å². The van der Waals surface area contributed by atoms with Gasteiger partial charge in [-0.2, -0.15) is 0 Å². The molecule has 1 aliphatic carbocycles. The predicted molar refractivity (Wildman–Crippen MR) is 84.6 cm³/mol. The summed E-state index contributed by atoms with van der Waals surface area (Å²) in [4.78, 5) is 17.3. The molecule has 114 valence electrons. The zero-order valence-corrected chi connectivity index (χ0v) is 13.4. The van der Waals surface area contributed by atoms with Gasteiger partial charge in [0.05, 0.1) is 14.9 Å². The van der Waals surface area contributed by atoms with E-state index in [0.717, 1.165) is 32.5 Å². The molecule has 0 bridgehead atoms. The van der Waals surface area contributed by atoms with E-state index in [4.69, 9.17) is 0 Å². The van der Waals surface area contributed by atoms with Crippen LogP contribution in [0.25, 0.3) is 0 Å². The number of pyridine rings is 1. The van der Waals surface area contributed by atoms with Crippen LogP contribution in [-0.2, 0) is 0 Å². The van der Waals surface area contributed by atoms with Crippen LogP contribution in [0, 0.1) is 10.1 Å². The molecular formula is C14H19BrN4O2. The van der Waals surface area contributed by atoms with Crippen LogP contribution in [0.1, 0.15) is 32.1 Å². The first kappa shape index (κ1) is 14.7. The van der Waals surface area contributed by atoms with Crippen molar-refractivity contribution in [2.75, 3.05) is 24.5 Å². The number of rotatable bonds is 2. The number of aromatic nitrogens is 1. The van der Waals surface area contributed by atoms with Crippen LogP contribution in [0.4, 0.5) is 11.4 Å². The average Bonchev–Trinajstić information content (AvgIpc) is 2.49. The molecule has 1 aromatic heterocycles. The summed E-state index contributed by atoms with van der Waals surface area (Å²) >= 11 is 3.47. The van der Waals surface area contributed by atoms with Gasteiger partial charge in [0.15, 0.2) is 0 Å². The normalized spacial score (nSPS) is 21.5. The Morgan fingerprint density at radius 1 is 1.33 bits per heavy atom. The van der Waals surface area contributed by atoms with E-state index >= 15 is 0 Å². The second kappa shape index (κ2) is 5.88. The Labute approximate surface area is 132 Å². The molecule has 1 N–H and O–H groups in total. The third-order valence-corrected chi connectivity index (χ3v) is 5.22. The summed E-state index contributed by atoms with van der Waals surface area (Å²) in [6.07, 6.45) is 8.83. The van der Waals surface area contributed by atoms with Crippen LogP contribution in [0.15, 0.2) is 16.9 Å². The Morgan fingerprint density at radius 2 is 2.10 bits per heavy atom. The Kier molecular flexibility index (Phi) is 4.12. The Morgan fingerprint density at radius 3 is 2.81 bits per heavy atom. The van der Waals surface area contributed by atoms with Crippen molar-refractivity contribution in [3.63, 3.8) is 0 Å². The minimum absolute atomic E-state index is 0.00509. The van der Waals surface area contributed by atoms with Gasteiger partial charge in [-0.15, -0.1) is 0 Å². The van der Waals surface area contributed by atoms with Crippen molar-refractivity contribution in [1.29, 1.82) is 0 Å². The highest BCUT2D eigenvalue weighted by Gasteiger charge is 2.42. The Bertz CT molecular complexity index is 538. The van der Waals surface area contributed by atoms with Gasteiger partial charge in [-0.25, -0.2) is 0 Å². The zero-order valence-electron chi connectivity index (χ0n) is 11.8. The van der Waals surface area contributed by atoms with Crippen molar-refractivity contribution in [1.82, 2.24) is 10.3 Å². The molecule has 1 spiro atoms. The molecule has 2 heterocycles. The number of piperazine rings is 1. The fraction of sp³-hybridized carbons (Fsp3) is 0.643. The molecule has 0 aromatic carbocycles. The molecule has 1 aromatic rings. The molecule has 0 atom stereocenters. The highest BCUT2D eigenvalue weighted by molar-refractivity contribution is 9.10. The van der Waals surface area contributed by atoms with Gasteiger partial charge in [0.1, 0.15) is 11.9 Å². The summed E-state index contributed by atoms with van der Waals surface area (Å²) in [5.74, 6) is 0. The Hall–Kier alpha value is -1.21. The molecule has 1 saturated heterocycles. The van der Waals surface area contributed by atoms with Crippen molar-refractivity contribution in [3.8, 4) is 0 Å². The summed E-state index contributed by atoms with van der Waals surface area (Å²) in [7, 11) is 0. The number of hydrogen-bond donors (Lipinski definition) is 1. The van der Waals surface area contributed by atoms with E-state index in [2.05, 4.69) is 31.1 Å². The van der Waals surface area contributed by atoms with Crippen LogP contribution < -0.4 is 10.2 Å². The summed E-state index contributed by atoms with van der Waals surface area (Å²) in [6.45, 7) is 2.55. The van der Waals surface area contributed by atoms with E-state index in [0.29, 0.717) is 10.2 Å². The van der Waals surface area contributed by atoms with Gasteiger partial charge in [0.2, 0.25) is 0 Å². The monoisotopic (exact) mass is 354 g/mol. The van der Waals surface area contributed by atoms with Gasteiger partial charge in [-0.3, -0.25) is 15.1 Å². The fourth-order valence-electron chi connectivity index (χ4n) is 3.67. The van der Waals surface area contributed by atoms with E-state index in [1.54, 1.807) is 6.20 Å². The third-order valence-electron chi connectivity index (χ3n) is 4.64. The first-order valence-corrected chi connectivity index (χ1v) is 8.20. The number of nitrogens with one attached hydrogen (secondary N) is 1.